The van der Waals surface area contributed by atoms with E-state index in [9.17, 15) is 9.18 Å². The van der Waals surface area contributed by atoms with E-state index >= 15 is 0 Å². The standard InChI is InChI=1S/C20H24ClFN2O3/c1-20(2,3)27-19(26)24(11-6-12-25)13-16-14(9-10-23-18(16)21)15-7-4-5-8-17(15)22/h4-5,7-10,25H,6,11-13H2,1-3H3. The number of carbonyl (C=O) groups excluding carboxylic acids is 1. The lowest BCUT2D eigenvalue weighted by molar-refractivity contribution is 0.0224. The van der Waals surface area contributed by atoms with E-state index in [-0.39, 0.29) is 30.7 Å². The number of pyridine rings is 1. The van der Waals surface area contributed by atoms with Crippen LogP contribution in [0.3, 0.4) is 0 Å². The van der Waals surface area contributed by atoms with E-state index in [0.29, 0.717) is 23.1 Å². The molecule has 1 aromatic heterocycles. The van der Waals surface area contributed by atoms with Gasteiger partial charge in [-0.15, -0.1) is 0 Å². The molecule has 0 radical (unpaired) electrons. The Bertz CT molecular complexity index is 793. The van der Waals surface area contributed by atoms with Crippen LogP contribution < -0.4 is 0 Å². The molecule has 0 aliphatic rings. The molecule has 1 amide bonds. The smallest absolute Gasteiger partial charge is 0.410 e. The molecule has 2 rings (SSSR count). The summed E-state index contributed by atoms with van der Waals surface area (Å²) in [5.74, 6) is -0.389. The van der Waals surface area contributed by atoms with Crippen LogP contribution in [0, 0.1) is 5.82 Å². The lowest BCUT2D eigenvalue weighted by Crippen LogP contribution is -2.37. The van der Waals surface area contributed by atoms with Crippen molar-refractivity contribution < 1.29 is 19.0 Å². The molecule has 2 aromatic rings. The van der Waals surface area contributed by atoms with Crippen molar-refractivity contribution in [3.05, 3.63) is 53.1 Å². The van der Waals surface area contributed by atoms with Gasteiger partial charge in [-0.25, -0.2) is 14.2 Å². The van der Waals surface area contributed by atoms with Gasteiger partial charge < -0.3 is 14.7 Å². The lowest BCUT2D eigenvalue weighted by Gasteiger charge is -2.28. The summed E-state index contributed by atoms with van der Waals surface area (Å²) in [6, 6.07) is 8.02. The van der Waals surface area contributed by atoms with E-state index in [1.54, 1.807) is 45.0 Å². The van der Waals surface area contributed by atoms with Gasteiger partial charge in [0.25, 0.3) is 0 Å². The molecular formula is C20H24ClFN2O3. The lowest BCUT2D eigenvalue weighted by atomic mass is 10.0. The van der Waals surface area contributed by atoms with Crippen molar-refractivity contribution in [1.82, 2.24) is 9.88 Å². The van der Waals surface area contributed by atoms with Crippen LogP contribution in [0.1, 0.15) is 32.8 Å². The third-order valence-electron chi connectivity index (χ3n) is 3.75. The zero-order valence-electron chi connectivity index (χ0n) is 15.7. The van der Waals surface area contributed by atoms with Crippen LogP contribution in [0.25, 0.3) is 11.1 Å². The Morgan fingerprint density at radius 2 is 1.96 bits per heavy atom. The number of hydrogen-bond donors (Lipinski definition) is 1. The predicted molar refractivity (Wildman–Crippen MR) is 103 cm³/mol. The highest BCUT2D eigenvalue weighted by atomic mass is 35.5. The van der Waals surface area contributed by atoms with Gasteiger partial charge in [-0.2, -0.15) is 0 Å². The first-order chi connectivity index (χ1) is 12.7. The quantitative estimate of drug-likeness (QED) is 0.724. The fourth-order valence-electron chi connectivity index (χ4n) is 2.56. The van der Waals surface area contributed by atoms with Crippen LogP contribution in [0.15, 0.2) is 36.5 Å². The van der Waals surface area contributed by atoms with Crippen molar-refractivity contribution in [2.75, 3.05) is 13.2 Å². The van der Waals surface area contributed by atoms with Crippen LogP contribution in [-0.2, 0) is 11.3 Å². The van der Waals surface area contributed by atoms with Crippen molar-refractivity contribution >= 4 is 17.7 Å². The maximum atomic E-state index is 14.3. The number of halogens is 2. The number of rotatable bonds is 6. The van der Waals surface area contributed by atoms with Crippen LogP contribution >= 0.6 is 11.6 Å². The molecule has 1 N–H and O–H groups in total. The molecule has 0 fully saturated rings. The first-order valence-corrected chi connectivity index (χ1v) is 9.08. The molecule has 1 heterocycles. The minimum absolute atomic E-state index is 0.0692. The number of hydrogen-bond acceptors (Lipinski definition) is 4. The highest BCUT2D eigenvalue weighted by molar-refractivity contribution is 6.30. The third kappa shape index (κ3) is 5.91. The van der Waals surface area contributed by atoms with Gasteiger partial charge in [0, 0.05) is 30.5 Å². The second-order valence-electron chi connectivity index (χ2n) is 7.09. The predicted octanol–water partition coefficient (Wildman–Crippen LogP) is 4.66. The normalized spacial score (nSPS) is 11.3. The minimum Gasteiger partial charge on any atom is -0.444 e. The first kappa shape index (κ1) is 21.1. The summed E-state index contributed by atoms with van der Waals surface area (Å²) in [6.45, 7) is 5.61. The Balaban J connectivity index is 2.40. The summed E-state index contributed by atoms with van der Waals surface area (Å²) in [6.07, 6.45) is 1.35. The Morgan fingerprint density at radius 3 is 2.59 bits per heavy atom. The number of aromatic nitrogens is 1. The molecule has 0 saturated carbocycles. The fraction of sp³-hybridized carbons (Fsp3) is 0.400. The van der Waals surface area contributed by atoms with Gasteiger partial charge in [-0.05, 0) is 44.9 Å². The topological polar surface area (TPSA) is 62.7 Å². The van der Waals surface area contributed by atoms with Gasteiger partial charge in [0.15, 0.2) is 0 Å². The Labute approximate surface area is 163 Å². The number of nitrogens with zero attached hydrogens (tertiary/aromatic N) is 2. The number of carbonyl (C=O) groups is 1. The molecule has 0 aliphatic heterocycles. The van der Waals surface area contributed by atoms with Gasteiger partial charge in [-0.1, -0.05) is 29.8 Å². The number of amides is 1. The number of benzene rings is 1. The van der Waals surface area contributed by atoms with Crippen LogP contribution in [0.5, 0.6) is 0 Å². The molecule has 0 saturated heterocycles. The van der Waals surface area contributed by atoms with E-state index in [0.717, 1.165) is 0 Å². The zero-order valence-corrected chi connectivity index (χ0v) is 16.5. The SMILES string of the molecule is CC(C)(C)OC(=O)N(CCCO)Cc1c(-c2ccccc2F)ccnc1Cl. The molecule has 0 unspecified atom stereocenters. The zero-order chi connectivity index (χ0) is 20.0. The van der Waals surface area contributed by atoms with Crippen molar-refractivity contribution in [2.24, 2.45) is 0 Å². The summed E-state index contributed by atoms with van der Waals surface area (Å²) < 4.78 is 19.8. The number of aliphatic hydroxyl groups is 1. The van der Waals surface area contributed by atoms with E-state index < -0.39 is 11.7 Å². The summed E-state index contributed by atoms with van der Waals surface area (Å²) >= 11 is 6.29. The van der Waals surface area contributed by atoms with Gasteiger partial charge >= 0.3 is 6.09 Å². The Hall–Kier alpha value is -2.18. The van der Waals surface area contributed by atoms with Crippen LogP contribution in [0.2, 0.25) is 5.15 Å². The average molecular weight is 395 g/mol. The maximum Gasteiger partial charge on any atom is 0.410 e. The fourth-order valence-corrected chi connectivity index (χ4v) is 2.78. The molecule has 0 bridgehead atoms. The summed E-state index contributed by atoms with van der Waals surface area (Å²) in [5.41, 5.74) is 0.795. The second-order valence-corrected chi connectivity index (χ2v) is 7.44. The molecule has 0 spiro atoms. The molecular weight excluding hydrogens is 371 g/mol. The largest absolute Gasteiger partial charge is 0.444 e. The van der Waals surface area contributed by atoms with Crippen LogP contribution in [0.4, 0.5) is 9.18 Å². The first-order valence-electron chi connectivity index (χ1n) is 8.70. The highest BCUT2D eigenvalue weighted by Crippen LogP contribution is 2.31. The number of aliphatic hydroxyl groups excluding tert-OH is 1. The van der Waals surface area contributed by atoms with Gasteiger partial charge in [0.2, 0.25) is 0 Å². The monoisotopic (exact) mass is 394 g/mol. The molecule has 1 aromatic carbocycles. The molecule has 0 atom stereocenters. The molecule has 146 valence electrons. The molecule has 5 nitrogen and oxygen atoms in total. The molecule has 7 heteroatoms. The minimum atomic E-state index is -0.665. The van der Waals surface area contributed by atoms with Gasteiger partial charge in [0.1, 0.15) is 16.6 Å². The summed E-state index contributed by atoms with van der Waals surface area (Å²) in [7, 11) is 0. The van der Waals surface area contributed by atoms with Crippen molar-refractivity contribution in [3.63, 3.8) is 0 Å². The second kappa shape index (κ2) is 9.15. The van der Waals surface area contributed by atoms with Crippen LogP contribution in [-0.4, -0.2) is 39.8 Å². The summed E-state index contributed by atoms with van der Waals surface area (Å²) in [4.78, 5) is 18.1. The molecule has 0 aliphatic carbocycles. The van der Waals surface area contributed by atoms with E-state index in [1.165, 1.54) is 17.2 Å². The third-order valence-corrected chi connectivity index (χ3v) is 4.08. The van der Waals surface area contributed by atoms with Gasteiger partial charge in [-0.3, -0.25) is 0 Å². The maximum absolute atomic E-state index is 14.3. The van der Waals surface area contributed by atoms with E-state index in [1.807, 2.05) is 0 Å². The van der Waals surface area contributed by atoms with Crippen molar-refractivity contribution in [3.8, 4) is 11.1 Å². The molecule has 27 heavy (non-hydrogen) atoms. The van der Waals surface area contributed by atoms with E-state index in [2.05, 4.69) is 4.98 Å². The van der Waals surface area contributed by atoms with Gasteiger partial charge in [0.05, 0.1) is 6.54 Å². The Morgan fingerprint density at radius 1 is 1.26 bits per heavy atom. The van der Waals surface area contributed by atoms with Crippen molar-refractivity contribution in [2.45, 2.75) is 39.3 Å². The summed E-state index contributed by atoms with van der Waals surface area (Å²) in [5, 5.41) is 9.34. The number of ether oxygens (including phenoxy) is 1. The average Bonchev–Trinajstić information content (AvgIpc) is 2.58. The highest BCUT2D eigenvalue weighted by Gasteiger charge is 2.24. The Kier molecular flexibility index (Phi) is 7.16. The van der Waals surface area contributed by atoms with E-state index in [4.69, 9.17) is 21.4 Å². The van der Waals surface area contributed by atoms with Crippen molar-refractivity contribution in [1.29, 1.82) is 0 Å².